The van der Waals surface area contributed by atoms with Crippen molar-refractivity contribution in [3.05, 3.63) is 23.0 Å². The molecule has 1 amide bonds. The number of aromatic nitrogens is 3. The molecule has 1 aliphatic carbocycles. The molecule has 2 aromatic rings. The van der Waals surface area contributed by atoms with E-state index in [4.69, 9.17) is 0 Å². The summed E-state index contributed by atoms with van der Waals surface area (Å²) in [5.74, 6) is 1.18. The molecule has 3 rings (SSSR count). The number of hydrogen-bond acceptors (Lipinski definition) is 3. The molecule has 23 heavy (non-hydrogen) atoms. The molecule has 5 nitrogen and oxygen atoms in total. The lowest BCUT2D eigenvalue weighted by molar-refractivity contribution is 0.0892. The van der Waals surface area contributed by atoms with Gasteiger partial charge in [-0.15, -0.1) is 0 Å². The summed E-state index contributed by atoms with van der Waals surface area (Å²) in [4.78, 5) is 17.5. The Kier molecular flexibility index (Phi) is 4.13. The van der Waals surface area contributed by atoms with Gasteiger partial charge >= 0.3 is 0 Å². The van der Waals surface area contributed by atoms with Gasteiger partial charge in [0, 0.05) is 18.8 Å². The van der Waals surface area contributed by atoms with Crippen LogP contribution in [0, 0.1) is 25.7 Å². The van der Waals surface area contributed by atoms with Gasteiger partial charge in [0.05, 0.1) is 16.6 Å². The van der Waals surface area contributed by atoms with E-state index in [9.17, 15) is 4.79 Å². The van der Waals surface area contributed by atoms with E-state index in [1.807, 2.05) is 27.0 Å². The molecule has 1 aliphatic rings. The molecule has 0 aromatic carbocycles. The molecule has 5 heteroatoms. The average molecular weight is 314 g/mol. The molecule has 0 bridgehead atoms. The van der Waals surface area contributed by atoms with Crippen molar-refractivity contribution < 1.29 is 4.79 Å². The van der Waals surface area contributed by atoms with E-state index in [0.717, 1.165) is 28.8 Å². The summed E-state index contributed by atoms with van der Waals surface area (Å²) >= 11 is 0. The number of rotatable bonds is 2. The van der Waals surface area contributed by atoms with Crippen molar-refractivity contribution in [3.63, 3.8) is 0 Å². The minimum absolute atomic E-state index is 0.00236. The number of fused-ring (bicyclic) bond motifs is 1. The van der Waals surface area contributed by atoms with E-state index in [2.05, 4.69) is 29.2 Å². The number of carbonyl (C=O) groups is 1. The highest BCUT2D eigenvalue weighted by atomic mass is 16.1. The standard InChI is InChI=1S/C18H26N4O/c1-10-7-6-8-15(12(10)3)20-18(23)14-9-11(2)19-17-16(14)13(4)21-22(17)5/h9-10,12,15H,6-8H2,1-5H3,(H,20,23). The molecule has 0 spiro atoms. The molecule has 3 unspecified atom stereocenters. The first kappa shape index (κ1) is 16.0. The van der Waals surface area contributed by atoms with Crippen molar-refractivity contribution >= 4 is 16.9 Å². The summed E-state index contributed by atoms with van der Waals surface area (Å²) in [5, 5.41) is 8.56. The maximum atomic E-state index is 12.9. The fourth-order valence-corrected chi connectivity index (χ4v) is 3.78. The SMILES string of the molecule is Cc1cc(C(=O)NC2CCCC(C)C2C)c2c(C)nn(C)c2n1. The third-order valence-corrected chi connectivity index (χ3v) is 5.36. The van der Waals surface area contributed by atoms with Crippen LogP contribution in [0.5, 0.6) is 0 Å². The highest BCUT2D eigenvalue weighted by Gasteiger charge is 2.29. The number of hydrogen-bond donors (Lipinski definition) is 1. The van der Waals surface area contributed by atoms with Crippen molar-refractivity contribution in [1.29, 1.82) is 0 Å². The summed E-state index contributed by atoms with van der Waals surface area (Å²) in [6, 6.07) is 2.13. The Morgan fingerprint density at radius 1 is 1.30 bits per heavy atom. The van der Waals surface area contributed by atoms with Gasteiger partial charge in [-0.2, -0.15) is 5.10 Å². The smallest absolute Gasteiger partial charge is 0.252 e. The lowest BCUT2D eigenvalue weighted by atomic mass is 9.78. The highest BCUT2D eigenvalue weighted by Crippen LogP contribution is 2.30. The maximum Gasteiger partial charge on any atom is 0.252 e. The quantitative estimate of drug-likeness (QED) is 0.926. The number of nitrogens with one attached hydrogen (secondary N) is 1. The van der Waals surface area contributed by atoms with E-state index >= 15 is 0 Å². The second-order valence-electron chi connectivity index (χ2n) is 7.07. The van der Waals surface area contributed by atoms with Crippen LogP contribution in [0.2, 0.25) is 0 Å². The largest absolute Gasteiger partial charge is 0.349 e. The lowest BCUT2D eigenvalue weighted by Crippen LogP contribution is -2.43. The van der Waals surface area contributed by atoms with Crippen LogP contribution >= 0.6 is 0 Å². The Balaban J connectivity index is 1.95. The first-order valence-electron chi connectivity index (χ1n) is 8.50. The number of amides is 1. The van der Waals surface area contributed by atoms with Crippen molar-refractivity contribution in [1.82, 2.24) is 20.1 Å². The first-order chi connectivity index (χ1) is 10.9. The Hall–Kier alpha value is -1.91. The molecule has 3 atom stereocenters. The summed E-state index contributed by atoms with van der Waals surface area (Å²) < 4.78 is 1.75. The minimum Gasteiger partial charge on any atom is -0.349 e. The third-order valence-electron chi connectivity index (χ3n) is 5.36. The zero-order chi connectivity index (χ0) is 16.7. The van der Waals surface area contributed by atoms with Gasteiger partial charge in [0.1, 0.15) is 0 Å². The predicted molar refractivity (Wildman–Crippen MR) is 91.4 cm³/mol. The number of nitrogens with zero attached hydrogens (tertiary/aromatic N) is 3. The zero-order valence-electron chi connectivity index (χ0n) is 14.7. The fraction of sp³-hybridized carbons (Fsp3) is 0.611. The number of pyridine rings is 1. The van der Waals surface area contributed by atoms with Crippen LogP contribution in [0.3, 0.4) is 0 Å². The molecule has 2 heterocycles. The Morgan fingerprint density at radius 2 is 2.04 bits per heavy atom. The lowest BCUT2D eigenvalue weighted by Gasteiger charge is -2.34. The third kappa shape index (κ3) is 2.84. The minimum atomic E-state index is 0.00236. The highest BCUT2D eigenvalue weighted by molar-refractivity contribution is 6.06. The summed E-state index contributed by atoms with van der Waals surface area (Å²) in [6.45, 7) is 8.38. The van der Waals surface area contributed by atoms with Gasteiger partial charge in [0.15, 0.2) is 5.65 Å². The molecule has 1 saturated carbocycles. The molecule has 1 fully saturated rings. The molecule has 0 aliphatic heterocycles. The second kappa shape index (κ2) is 5.95. The van der Waals surface area contributed by atoms with Crippen LogP contribution in [0.25, 0.3) is 11.0 Å². The molecule has 0 radical (unpaired) electrons. The van der Waals surface area contributed by atoms with E-state index in [1.165, 1.54) is 12.8 Å². The average Bonchev–Trinajstić information content (AvgIpc) is 2.78. The molecule has 1 N–H and O–H groups in total. The summed E-state index contributed by atoms with van der Waals surface area (Å²) in [5.41, 5.74) is 3.17. The molecule has 124 valence electrons. The van der Waals surface area contributed by atoms with Crippen molar-refractivity contribution in [2.75, 3.05) is 0 Å². The van der Waals surface area contributed by atoms with Crippen LogP contribution in [-0.2, 0) is 7.05 Å². The topological polar surface area (TPSA) is 59.8 Å². The number of aryl methyl sites for hydroxylation is 3. The van der Waals surface area contributed by atoms with E-state index < -0.39 is 0 Å². The van der Waals surface area contributed by atoms with Crippen LogP contribution in [-0.4, -0.2) is 26.7 Å². The Labute approximate surface area is 137 Å². The first-order valence-corrected chi connectivity index (χ1v) is 8.50. The second-order valence-corrected chi connectivity index (χ2v) is 7.07. The number of carbonyl (C=O) groups excluding carboxylic acids is 1. The Bertz CT molecular complexity index is 749. The van der Waals surface area contributed by atoms with Gasteiger partial charge < -0.3 is 5.32 Å². The summed E-state index contributed by atoms with van der Waals surface area (Å²) in [7, 11) is 1.87. The van der Waals surface area contributed by atoms with Gasteiger partial charge in [-0.1, -0.05) is 26.7 Å². The van der Waals surface area contributed by atoms with E-state index in [1.54, 1.807) is 4.68 Å². The summed E-state index contributed by atoms with van der Waals surface area (Å²) in [6.07, 6.45) is 3.51. The predicted octanol–water partition coefficient (Wildman–Crippen LogP) is 3.14. The van der Waals surface area contributed by atoms with Gasteiger partial charge in [-0.25, -0.2) is 4.98 Å². The molecule has 0 saturated heterocycles. The monoisotopic (exact) mass is 314 g/mol. The molecule has 2 aromatic heterocycles. The fourth-order valence-electron chi connectivity index (χ4n) is 3.78. The van der Waals surface area contributed by atoms with Crippen molar-refractivity contribution in [2.24, 2.45) is 18.9 Å². The normalized spacial score (nSPS) is 24.8. The maximum absolute atomic E-state index is 12.9. The molecular formula is C18H26N4O. The van der Waals surface area contributed by atoms with Crippen LogP contribution in [0.15, 0.2) is 6.07 Å². The van der Waals surface area contributed by atoms with Crippen LogP contribution in [0.1, 0.15) is 54.9 Å². The Morgan fingerprint density at radius 3 is 2.78 bits per heavy atom. The van der Waals surface area contributed by atoms with Gasteiger partial charge in [0.2, 0.25) is 0 Å². The van der Waals surface area contributed by atoms with Crippen LogP contribution in [0.4, 0.5) is 0 Å². The van der Waals surface area contributed by atoms with Crippen LogP contribution < -0.4 is 5.32 Å². The zero-order valence-corrected chi connectivity index (χ0v) is 14.7. The van der Waals surface area contributed by atoms with E-state index in [-0.39, 0.29) is 11.9 Å². The van der Waals surface area contributed by atoms with Crippen molar-refractivity contribution in [2.45, 2.75) is 53.0 Å². The van der Waals surface area contributed by atoms with Gasteiger partial charge in [-0.3, -0.25) is 9.48 Å². The molecular weight excluding hydrogens is 288 g/mol. The van der Waals surface area contributed by atoms with Crippen molar-refractivity contribution in [3.8, 4) is 0 Å². The van der Waals surface area contributed by atoms with Gasteiger partial charge in [-0.05, 0) is 38.2 Å². The van der Waals surface area contributed by atoms with Gasteiger partial charge in [0.25, 0.3) is 5.91 Å². The van der Waals surface area contributed by atoms with E-state index in [0.29, 0.717) is 17.4 Å².